The summed E-state index contributed by atoms with van der Waals surface area (Å²) in [6, 6.07) is 8.14. The maximum Gasteiger partial charge on any atom is 0.121 e. The smallest absolute Gasteiger partial charge is 0.121 e. The quantitative estimate of drug-likeness (QED) is 0.810. The number of nitrogens with one attached hydrogen (secondary N) is 1. The molecule has 24 heavy (non-hydrogen) atoms. The van der Waals surface area contributed by atoms with Crippen LogP contribution in [0.4, 0.5) is 5.69 Å². The summed E-state index contributed by atoms with van der Waals surface area (Å²) in [5.74, 6) is 0.212. The lowest BCUT2D eigenvalue weighted by Crippen LogP contribution is -2.45. The maximum atomic E-state index is 12.0. The molecule has 0 amide bonds. The summed E-state index contributed by atoms with van der Waals surface area (Å²) in [7, 11) is 2.15. The highest BCUT2D eigenvalue weighted by Gasteiger charge is 2.46. The zero-order chi connectivity index (χ0) is 16.7. The molecule has 0 bridgehead atoms. The first-order valence-electron chi connectivity index (χ1n) is 8.64. The van der Waals surface area contributed by atoms with Crippen LogP contribution in [0.2, 0.25) is 0 Å². The van der Waals surface area contributed by atoms with Crippen molar-refractivity contribution in [2.24, 2.45) is 5.92 Å². The molecule has 4 heteroatoms. The lowest BCUT2D eigenvalue weighted by molar-refractivity contribution is -0.0128. The van der Waals surface area contributed by atoms with Gasteiger partial charge in [-0.3, -0.25) is 0 Å². The molecule has 0 radical (unpaired) electrons. The highest BCUT2D eigenvalue weighted by molar-refractivity contribution is 6.31. The Bertz CT molecular complexity index is 744. The normalized spacial score (nSPS) is 27.9. The molecule has 0 spiro atoms. The van der Waals surface area contributed by atoms with Crippen LogP contribution in [0.25, 0.3) is 0 Å². The number of para-hydroxylation sites is 1. The van der Waals surface area contributed by atoms with Gasteiger partial charge in [0.25, 0.3) is 0 Å². The number of piperidine rings is 1. The molecule has 1 aromatic carbocycles. The summed E-state index contributed by atoms with van der Waals surface area (Å²) in [6.45, 7) is 2.04. The van der Waals surface area contributed by atoms with Crippen molar-refractivity contribution in [2.75, 3.05) is 25.5 Å². The van der Waals surface area contributed by atoms with Crippen LogP contribution in [-0.2, 0) is 5.60 Å². The van der Waals surface area contributed by atoms with Gasteiger partial charge in [-0.05, 0) is 51.0 Å². The van der Waals surface area contributed by atoms with Gasteiger partial charge in [0.1, 0.15) is 5.60 Å². The van der Waals surface area contributed by atoms with Crippen LogP contribution in [0.5, 0.6) is 0 Å². The van der Waals surface area contributed by atoms with E-state index in [9.17, 15) is 5.11 Å². The minimum atomic E-state index is -0.954. The third kappa shape index (κ3) is 2.52. The predicted octanol–water partition coefficient (Wildman–Crippen LogP) is 3.98. The van der Waals surface area contributed by atoms with E-state index < -0.39 is 5.60 Å². The number of hydrogen-bond acceptors (Lipinski definition) is 3. The zero-order valence-electron chi connectivity index (χ0n) is 13.9. The number of benzene rings is 1. The highest BCUT2D eigenvalue weighted by Crippen LogP contribution is 2.50. The van der Waals surface area contributed by atoms with Crippen molar-refractivity contribution in [3.63, 3.8) is 0 Å². The van der Waals surface area contributed by atoms with E-state index in [1.165, 1.54) is 0 Å². The number of rotatable bonds is 1. The summed E-state index contributed by atoms with van der Waals surface area (Å²) < 4.78 is 0. The van der Waals surface area contributed by atoms with Crippen molar-refractivity contribution in [2.45, 2.75) is 24.9 Å². The largest absolute Gasteiger partial charge is 0.380 e. The fourth-order valence-corrected chi connectivity index (χ4v) is 4.36. The lowest BCUT2D eigenvalue weighted by atomic mass is 9.69. The molecule has 2 N–H and O–H groups in total. The Balaban J connectivity index is 1.84. The number of likely N-dealkylation sites (tertiary alicyclic amines) is 1. The van der Waals surface area contributed by atoms with Gasteiger partial charge < -0.3 is 15.3 Å². The standard InChI is InChI=1S/C20H23ClN2O/c1-23-12-10-14(11-13-23)20(24)16-4-2-3-5-18(16)22-19-9-7-15(21)6-8-17(19)20/h2-8,14,22,24H,9-13H2,1H3. The average molecular weight is 343 g/mol. The number of nitrogens with zero attached hydrogens (tertiary/aromatic N) is 1. The van der Waals surface area contributed by atoms with Gasteiger partial charge in [-0.25, -0.2) is 0 Å². The molecule has 1 saturated heterocycles. The van der Waals surface area contributed by atoms with E-state index in [0.717, 1.165) is 53.5 Å². The van der Waals surface area contributed by atoms with E-state index >= 15 is 0 Å². The summed E-state index contributed by atoms with van der Waals surface area (Å²) in [5, 5.41) is 16.2. The molecule has 1 atom stereocenters. The Hall–Kier alpha value is -1.55. The fourth-order valence-electron chi connectivity index (χ4n) is 4.21. The van der Waals surface area contributed by atoms with Crippen LogP contribution in [0, 0.1) is 5.92 Å². The molecular weight excluding hydrogens is 320 g/mol. The van der Waals surface area contributed by atoms with Gasteiger partial charge in [0.05, 0.1) is 0 Å². The van der Waals surface area contributed by atoms with Crippen LogP contribution in [0.1, 0.15) is 24.8 Å². The van der Waals surface area contributed by atoms with Crippen LogP contribution in [0.3, 0.4) is 0 Å². The molecule has 0 aromatic heterocycles. The summed E-state index contributed by atoms with van der Waals surface area (Å²) >= 11 is 6.23. The predicted molar refractivity (Wildman–Crippen MR) is 98.9 cm³/mol. The van der Waals surface area contributed by atoms with Gasteiger partial charge in [-0.1, -0.05) is 42.0 Å². The fraction of sp³-hybridized carbons (Fsp3) is 0.400. The first-order chi connectivity index (χ1) is 11.6. The molecule has 126 valence electrons. The Labute approximate surface area is 148 Å². The number of hydrogen-bond donors (Lipinski definition) is 2. The molecule has 1 fully saturated rings. The lowest BCUT2D eigenvalue weighted by Gasteiger charge is -2.45. The number of fused-ring (bicyclic) bond motifs is 1. The highest BCUT2D eigenvalue weighted by atomic mass is 35.5. The van der Waals surface area contributed by atoms with Crippen LogP contribution in [-0.4, -0.2) is 30.1 Å². The van der Waals surface area contributed by atoms with Crippen molar-refractivity contribution in [3.05, 3.63) is 64.4 Å². The number of allylic oxidation sites excluding steroid dienone is 3. The summed E-state index contributed by atoms with van der Waals surface area (Å²) in [4.78, 5) is 2.34. The van der Waals surface area contributed by atoms with E-state index in [1.807, 2.05) is 30.4 Å². The second kappa shape index (κ2) is 6.07. The van der Waals surface area contributed by atoms with Gasteiger partial charge in [-0.2, -0.15) is 0 Å². The number of anilines is 1. The average Bonchev–Trinajstić information content (AvgIpc) is 2.78. The van der Waals surface area contributed by atoms with Crippen LogP contribution >= 0.6 is 11.6 Å². The van der Waals surface area contributed by atoms with Crippen molar-refractivity contribution in [1.29, 1.82) is 0 Å². The van der Waals surface area contributed by atoms with E-state index in [4.69, 9.17) is 11.6 Å². The summed E-state index contributed by atoms with van der Waals surface area (Å²) in [6.07, 6.45) is 8.60. The summed E-state index contributed by atoms with van der Waals surface area (Å²) in [5.41, 5.74) is 3.08. The second-order valence-electron chi connectivity index (χ2n) is 7.03. The van der Waals surface area contributed by atoms with Crippen LogP contribution < -0.4 is 5.32 Å². The minimum Gasteiger partial charge on any atom is -0.380 e. The molecule has 2 heterocycles. The molecular formula is C20H23ClN2O. The minimum absolute atomic E-state index is 0.212. The Morgan fingerprint density at radius 1 is 1.21 bits per heavy atom. The van der Waals surface area contributed by atoms with Crippen molar-refractivity contribution in [1.82, 2.24) is 4.90 Å². The Morgan fingerprint density at radius 3 is 2.75 bits per heavy atom. The van der Waals surface area contributed by atoms with Crippen molar-refractivity contribution >= 4 is 17.3 Å². The van der Waals surface area contributed by atoms with Crippen LogP contribution in [0.15, 0.2) is 58.8 Å². The van der Waals surface area contributed by atoms with E-state index in [0.29, 0.717) is 6.42 Å². The molecule has 3 nitrogen and oxygen atoms in total. The van der Waals surface area contributed by atoms with Crippen molar-refractivity contribution < 1.29 is 5.11 Å². The van der Waals surface area contributed by atoms with Gasteiger partial charge in [0, 0.05) is 34.0 Å². The first kappa shape index (κ1) is 15.9. The van der Waals surface area contributed by atoms with Gasteiger partial charge >= 0.3 is 0 Å². The van der Waals surface area contributed by atoms with Crippen molar-refractivity contribution in [3.8, 4) is 0 Å². The molecule has 1 aliphatic carbocycles. The Kier molecular flexibility index (Phi) is 4.03. The SMILES string of the molecule is CN1CCC(C2(O)C3=C(CC=C(Cl)C=C3)Nc3ccccc32)CC1. The Morgan fingerprint density at radius 2 is 1.96 bits per heavy atom. The first-order valence-corrected chi connectivity index (χ1v) is 9.01. The molecule has 1 aromatic rings. The van der Waals surface area contributed by atoms with Gasteiger partial charge in [0.2, 0.25) is 0 Å². The monoisotopic (exact) mass is 342 g/mol. The molecule has 0 saturated carbocycles. The molecule has 3 aliphatic rings. The van der Waals surface area contributed by atoms with E-state index in [2.05, 4.69) is 29.4 Å². The molecule has 4 rings (SSSR count). The molecule has 2 aliphatic heterocycles. The third-order valence-corrected chi connectivity index (χ3v) is 5.86. The number of aliphatic hydroxyl groups is 1. The zero-order valence-corrected chi connectivity index (χ0v) is 14.7. The van der Waals surface area contributed by atoms with Gasteiger partial charge in [0.15, 0.2) is 0 Å². The van der Waals surface area contributed by atoms with E-state index in [-0.39, 0.29) is 5.92 Å². The van der Waals surface area contributed by atoms with E-state index in [1.54, 1.807) is 0 Å². The molecule has 1 unspecified atom stereocenters. The topological polar surface area (TPSA) is 35.5 Å². The second-order valence-corrected chi connectivity index (χ2v) is 7.47. The maximum absolute atomic E-state index is 12.0. The van der Waals surface area contributed by atoms with Gasteiger partial charge in [-0.15, -0.1) is 0 Å². The third-order valence-electron chi connectivity index (χ3n) is 5.58. The number of halogens is 1.